The highest BCUT2D eigenvalue weighted by Gasteiger charge is 2.16. The van der Waals surface area contributed by atoms with Crippen molar-refractivity contribution in [1.82, 2.24) is 9.78 Å². The monoisotopic (exact) mass is 261 g/mol. The summed E-state index contributed by atoms with van der Waals surface area (Å²) in [5.74, 6) is 1.52. The Bertz CT molecular complexity index is 600. The summed E-state index contributed by atoms with van der Waals surface area (Å²) in [6.45, 7) is 0. The van der Waals surface area contributed by atoms with E-state index in [1.54, 1.807) is 29.9 Å². The van der Waals surface area contributed by atoms with Crippen molar-refractivity contribution in [3.8, 4) is 22.8 Å². The second-order valence-electron chi connectivity index (χ2n) is 4.00. The molecule has 0 spiro atoms. The minimum Gasteiger partial charge on any atom is -0.493 e. The van der Waals surface area contributed by atoms with Crippen LogP contribution in [0.2, 0.25) is 0 Å². The van der Waals surface area contributed by atoms with E-state index in [4.69, 9.17) is 15.2 Å². The standard InChI is InChI=1S/C13H15N3O3/c1-16-12(14)6-10(15-16)9-4-8(7-17)5-11(18-2)13(9)19-3/h4-7H,14H2,1-3H3. The molecule has 0 aliphatic carbocycles. The van der Waals surface area contributed by atoms with Crippen LogP contribution in [0.5, 0.6) is 11.5 Å². The largest absolute Gasteiger partial charge is 0.493 e. The first-order valence-corrected chi connectivity index (χ1v) is 5.61. The quantitative estimate of drug-likeness (QED) is 0.844. The number of nitrogens with zero attached hydrogens (tertiary/aromatic N) is 2. The van der Waals surface area contributed by atoms with Crippen LogP contribution in [-0.2, 0) is 7.05 Å². The molecule has 0 unspecified atom stereocenters. The normalized spacial score (nSPS) is 10.3. The maximum atomic E-state index is 11.0. The number of carbonyl (C=O) groups is 1. The summed E-state index contributed by atoms with van der Waals surface area (Å²) in [6.07, 6.45) is 0.748. The second kappa shape index (κ2) is 5.01. The Morgan fingerprint density at radius 2 is 2.00 bits per heavy atom. The Morgan fingerprint density at radius 3 is 2.47 bits per heavy atom. The number of anilines is 1. The van der Waals surface area contributed by atoms with E-state index < -0.39 is 0 Å². The molecule has 0 amide bonds. The molecule has 0 atom stereocenters. The zero-order chi connectivity index (χ0) is 14.0. The zero-order valence-corrected chi connectivity index (χ0v) is 11.0. The number of aldehydes is 1. The third kappa shape index (κ3) is 2.24. The van der Waals surface area contributed by atoms with Crippen molar-refractivity contribution in [3.63, 3.8) is 0 Å². The van der Waals surface area contributed by atoms with Crippen molar-refractivity contribution in [2.75, 3.05) is 20.0 Å². The first-order valence-electron chi connectivity index (χ1n) is 5.61. The van der Waals surface area contributed by atoms with E-state index in [9.17, 15) is 4.79 Å². The molecular weight excluding hydrogens is 246 g/mol. The molecule has 0 fully saturated rings. The molecule has 0 bridgehead atoms. The number of methoxy groups -OCH3 is 2. The molecule has 0 aliphatic rings. The minimum atomic E-state index is 0.478. The number of nitrogens with two attached hydrogens (primary N) is 1. The van der Waals surface area contributed by atoms with Crippen LogP contribution in [0.4, 0.5) is 5.82 Å². The fourth-order valence-corrected chi connectivity index (χ4v) is 1.86. The molecule has 0 saturated heterocycles. The van der Waals surface area contributed by atoms with E-state index in [0.29, 0.717) is 34.1 Å². The number of rotatable bonds is 4. The molecule has 0 saturated carbocycles. The van der Waals surface area contributed by atoms with Crippen LogP contribution in [0.3, 0.4) is 0 Å². The summed E-state index contributed by atoms with van der Waals surface area (Å²) in [7, 11) is 4.79. The average molecular weight is 261 g/mol. The molecule has 1 aromatic carbocycles. The van der Waals surface area contributed by atoms with Crippen LogP contribution >= 0.6 is 0 Å². The highest BCUT2D eigenvalue weighted by molar-refractivity contribution is 5.83. The maximum absolute atomic E-state index is 11.0. The van der Waals surface area contributed by atoms with Crippen molar-refractivity contribution in [2.24, 2.45) is 7.05 Å². The molecule has 0 radical (unpaired) electrons. The van der Waals surface area contributed by atoms with E-state index in [1.165, 1.54) is 14.2 Å². The summed E-state index contributed by atoms with van der Waals surface area (Å²) in [5, 5.41) is 4.28. The van der Waals surface area contributed by atoms with Gasteiger partial charge in [-0.3, -0.25) is 9.48 Å². The van der Waals surface area contributed by atoms with Crippen LogP contribution in [0, 0.1) is 0 Å². The Balaban J connectivity index is 2.69. The smallest absolute Gasteiger partial charge is 0.170 e. The van der Waals surface area contributed by atoms with E-state index in [2.05, 4.69) is 5.10 Å². The molecule has 19 heavy (non-hydrogen) atoms. The van der Waals surface area contributed by atoms with Gasteiger partial charge in [0.1, 0.15) is 12.1 Å². The first kappa shape index (κ1) is 12.9. The van der Waals surface area contributed by atoms with Crippen LogP contribution in [-0.4, -0.2) is 30.3 Å². The lowest BCUT2D eigenvalue weighted by Crippen LogP contribution is -1.98. The van der Waals surface area contributed by atoms with Gasteiger partial charge in [-0.1, -0.05) is 0 Å². The van der Waals surface area contributed by atoms with Gasteiger partial charge < -0.3 is 15.2 Å². The molecule has 6 nitrogen and oxygen atoms in total. The SMILES string of the molecule is COc1cc(C=O)cc(-c2cc(N)n(C)n2)c1OC. The van der Waals surface area contributed by atoms with Gasteiger partial charge in [-0.25, -0.2) is 0 Å². The molecular formula is C13H15N3O3. The summed E-state index contributed by atoms with van der Waals surface area (Å²) in [6, 6.07) is 5.02. The summed E-state index contributed by atoms with van der Waals surface area (Å²) in [5.41, 5.74) is 7.54. The van der Waals surface area contributed by atoms with Gasteiger partial charge in [-0.05, 0) is 12.1 Å². The van der Waals surface area contributed by atoms with Gasteiger partial charge in [-0.15, -0.1) is 0 Å². The fraction of sp³-hybridized carbons (Fsp3) is 0.231. The van der Waals surface area contributed by atoms with Crippen LogP contribution in [0.15, 0.2) is 18.2 Å². The highest BCUT2D eigenvalue weighted by Crippen LogP contribution is 2.38. The first-order chi connectivity index (χ1) is 9.10. The van der Waals surface area contributed by atoms with Gasteiger partial charge in [0.25, 0.3) is 0 Å². The number of carbonyl (C=O) groups excluding carboxylic acids is 1. The van der Waals surface area contributed by atoms with Gasteiger partial charge >= 0.3 is 0 Å². The lowest BCUT2D eigenvalue weighted by Gasteiger charge is -2.12. The summed E-state index contributed by atoms with van der Waals surface area (Å²) in [4.78, 5) is 11.0. The number of aryl methyl sites for hydroxylation is 1. The predicted molar refractivity (Wildman–Crippen MR) is 71.5 cm³/mol. The molecule has 1 aromatic heterocycles. The van der Waals surface area contributed by atoms with Crippen molar-refractivity contribution >= 4 is 12.1 Å². The maximum Gasteiger partial charge on any atom is 0.170 e. The number of hydrogen-bond donors (Lipinski definition) is 1. The van der Waals surface area contributed by atoms with Crippen LogP contribution < -0.4 is 15.2 Å². The van der Waals surface area contributed by atoms with Gasteiger partial charge in [0.05, 0.1) is 19.9 Å². The molecule has 2 rings (SSSR count). The van der Waals surface area contributed by atoms with Crippen molar-refractivity contribution in [3.05, 3.63) is 23.8 Å². The number of aromatic nitrogens is 2. The molecule has 2 N–H and O–H groups in total. The van der Waals surface area contributed by atoms with E-state index in [0.717, 1.165) is 6.29 Å². The highest BCUT2D eigenvalue weighted by atomic mass is 16.5. The third-order valence-corrected chi connectivity index (χ3v) is 2.83. The summed E-state index contributed by atoms with van der Waals surface area (Å²) >= 11 is 0. The Hall–Kier alpha value is -2.50. The summed E-state index contributed by atoms with van der Waals surface area (Å²) < 4.78 is 12.1. The fourth-order valence-electron chi connectivity index (χ4n) is 1.86. The number of ether oxygens (including phenoxy) is 2. The molecule has 0 aliphatic heterocycles. The van der Waals surface area contributed by atoms with Crippen LogP contribution in [0.25, 0.3) is 11.3 Å². The van der Waals surface area contributed by atoms with E-state index >= 15 is 0 Å². The Morgan fingerprint density at radius 1 is 1.26 bits per heavy atom. The van der Waals surface area contributed by atoms with Crippen molar-refractivity contribution < 1.29 is 14.3 Å². The molecule has 100 valence electrons. The third-order valence-electron chi connectivity index (χ3n) is 2.83. The van der Waals surface area contributed by atoms with Gasteiger partial charge in [0.2, 0.25) is 0 Å². The lowest BCUT2D eigenvalue weighted by molar-refractivity contribution is 0.112. The van der Waals surface area contributed by atoms with Crippen LogP contribution in [0.1, 0.15) is 10.4 Å². The topological polar surface area (TPSA) is 79.4 Å². The molecule has 2 aromatic rings. The second-order valence-corrected chi connectivity index (χ2v) is 4.00. The lowest BCUT2D eigenvalue weighted by atomic mass is 10.1. The number of benzene rings is 1. The number of nitrogen functional groups attached to an aromatic ring is 1. The predicted octanol–water partition coefficient (Wildman–Crippen LogP) is 1.50. The number of hydrogen-bond acceptors (Lipinski definition) is 5. The van der Waals surface area contributed by atoms with Gasteiger partial charge in [0.15, 0.2) is 11.5 Å². The minimum absolute atomic E-state index is 0.478. The Labute approximate surface area is 110 Å². The van der Waals surface area contributed by atoms with Gasteiger partial charge in [0, 0.05) is 24.2 Å². The Kier molecular flexibility index (Phi) is 3.41. The molecule has 6 heteroatoms. The molecule has 1 heterocycles. The van der Waals surface area contributed by atoms with E-state index in [1.807, 2.05) is 0 Å². The zero-order valence-electron chi connectivity index (χ0n) is 11.0. The van der Waals surface area contributed by atoms with E-state index in [-0.39, 0.29) is 0 Å². The average Bonchev–Trinajstić information content (AvgIpc) is 2.76. The van der Waals surface area contributed by atoms with Gasteiger partial charge in [-0.2, -0.15) is 5.10 Å². The van der Waals surface area contributed by atoms with Crippen molar-refractivity contribution in [1.29, 1.82) is 0 Å². The van der Waals surface area contributed by atoms with Crippen molar-refractivity contribution in [2.45, 2.75) is 0 Å².